The van der Waals surface area contributed by atoms with Gasteiger partial charge < -0.3 is 18.3 Å². The third-order valence-corrected chi connectivity index (χ3v) is 15.5. The minimum absolute atomic E-state index is 0.671. The Hall–Kier alpha value is -10.3. The van der Waals surface area contributed by atoms with Crippen LogP contribution in [0, 0.1) is 0 Å². The fraction of sp³-hybridized carbons (Fsp3) is 0. The van der Waals surface area contributed by atoms with Gasteiger partial charge in [0.15, 0.2) is 5.82 Å². The highest BCUT2D eigenvalue weighted by Crippen LogP contribution is 2.45. The lowest BCUT2D eigenvalue weighted by atomic mass is 10.0. The summed E-state index contributed by atoms with van der Waals surface area (Å²) in [6.07, 6.45) is 0. The van der Waals surface area contributed by atoms with E-state index in [1.165, 1.54) is 65.2 Å². The maximum atomic E-state index is 5.36. The van der Waals surface area contributed by atoms with Crippen LogP contribution in [0.5, 0.6) is 0 Å². The summed E-state index contributed by atoms with van der Waals surface area (Å²) in [5, 5.41) is 9.79. The Morgan fingerprint density at radius 1 is 0.224 bits per heavy atom. The number of hydrogen-bond acceptors (Lipinski definition) is 2. The number of fused-ring (bicyclic) bond motifs is 14. The molecule has 0 aliphatic rings. The Balaban J connectivity index is 0.881. The summed E-state index contributed by atoms with van der Waals surface area (Å²) >= 11 is 0. The molecule has 0 aliphatic carbocycles. The second-order valence-corrected chi connectivity index (χ2v) is 19.7. The predicted molar refractivity (Wildman–Crippen MR) is 316 cm³/mol. The summed E-state index contributed by atoms with van der Waals surface area (Å²) in [5.41, 5.74) is 18.4. The van der Waals surface area contributed by atoms with Gasteiger partial charge in [-0.1, -0.05) is 176 Å². The molecule has 0 atom stereocenters. The van der Waals surface area contributed by atoms with E-state index < -0.39 is 0 Å². The molecule has 0 aliphatic heterocycles. The Labute approximate surface area is 436 Å². The largest absolute Gasteiger partial charge is 0.309 e. The van der Waals surface area contributed by atoms with Crippen LogP contribution in [0.4, 0.5) is 0 Å². The van der Waals surface area contributed by atoms with Gasteiger partial charge in [0.1, 0.15) is 0 Å². The monoisotopic (exact) mass is 968 g/mol. The molecule has 0 saturated heterocycles. The smallest absolute Gasteiger partial charge is 0.160 e. The standard InChI is InChI=1S/C70H44N6/c1-4-20-45(21-5-1)70-71-58(46-22-18-28-50(42-46)73-62-36-16-12-32-56(62)66-64(73)40-38-54-52-30-10-14-34-60(52)75(68(54)66)48-24-6-2-7-25-48)44-59(72-70)47-23-19-29-51(43-47)74-63-37-17-13-33-57(63)67-65(74)41-39-55-53-31-11-15-35-61(53)76(69(55)67)49-26-8-3-9-27-49/h1-44H. The molecule has 0 saturated carbocycles. The van der Waals surface area contributed by atoms with Gasteiger partial charge in [-0.2, -0.15) is 0 Å². The van der Waals surface area contributed by atoms with Crippen LogP contribution >= 0.6 is 0 Å². The average Bonchev–Trinajstić information content (AvgIpc) is 4.27. The molecular weight excluding hydrogens is 925 g/mol. The minimum atomic E-state index is 0.671. The third kappa shape index (κ3) is 6.28. The lowest BCUT2D eigenvalue weighted by molar-refractivity contribution is 1.16. The van der Waals surface area contributed by atoms with E-state index in [9.17, 15) is 0 Å². The summed E-state index contributed by atoms with van der Waals surface area (Å²) in [5.74, 6) is 0.671. The van der Waals surface area contributed by atoms with Gasteiger partial charge in [-0.25, -0.2) is 9.97 Å². The van der Waals surface area contributed by atoms with Gasteiger partial charge >= 0.3 is 0 Å². The van der Waals surface area contributed by atoms with E-state index in [4.69, 9.17) is 9.97 Å². The predicted octanol–water partition coefficient (Wildman–Crippen LogP) is 17.9. The van der Waals surface area contributed by atoms with Crippen molar-refractivity contribution in [3.63, 3.8) is 0 Å². The zero-order valence-corrected chi connectivity index (χ0v) is 41.1. The van der Waals surface area contributed by atoms with E-state index in [1.807, 2.05) is 6.07 Å². The molecule has 16 rings (SSSR count). The van der Waals surface area contributed by atoms with Gasteiger partial charge in [-0.15, -0.1) is 0 Å². The first-order chi connectivity index (χ1) is 37.7. The van der Waals surface area contributed by atoms with E-state index >= 15 is 0 Å². The van der Waals surface area contributed by atoms with E-state index in [0.717, 1.165) is 72.9 Å². The highest BCUT2D eigenvalue weighted by molar-refractivity contribution is 6.27. The Morgan fingerprint density at radius 2 is 0.579 bits per heavy atom. The van der Waals surface area contributed by atoms with E-state index in [0.29, 0.717) is 5.82 Å². The molecule has 5 heterocycles. The van der Waals surface area contributed by atoms with E-state index in [2.05, 4.69) is 279 Å². The topological polar surface area (TPSA) is 45.5 Å². The fourth-order valence-electron chi connectivity index (χ4n) is 12.3. The molecule has 6 nitrogen and oxygen atoms in total. The van der Waals surface area contributed by atoms with Crippen molar-refractivity contribution in [1.82, 2.24) is 28.2 Å². The molecule has 5 aromatic heterocycles. The molecular formula is C70H44N6. The average molecular weight is 969 g/mol. The van der Waals surface area contributed by atoms with E-state index in [1.54, 1.807) is 0 Å². The third-order valence-electron chi connectivity index (χ3n) is 15.5. The van der Waals surface area contributed by atoms with Gasteiger partial charge in [0.2, 0.25) is 0 Å². The van der Waals surface area contributed by atoms with Crippen LogP contribution in [0.25, 0.3) is 144 Å². The van der Waals surface area contributed by atoms with Gasteiger partial charge in [0, 0.05) is 82.5 Å². The second kappa shape index (κ2) is 16.6. The molecule has 0 radical (unpaired) electrons. The lowest BCUT2D eigenvalue weighted by Crippen LogP contribution is -1.99. The van der Waals surface area contributed by atoms with Crippen molar-refractivity contribution in [3.05, 3.63) is 267 Å². The molecule has 354 valence electrons. The first-order valence-electron chi connectivity index (χ1n) is 25.9. The number of para-hydroxylation sites is 6. The summed E-state index contributed by atoms with van der Waals surface area (Å²) in [6.45, 7) is 0. The molecule has 0 unspecified atom stereocenters. The summed E-state index contributed by atoms with van der Waals surface area (Å²) < 4.78 is 9.72. The second-order valence-electron chi connectivity index (χ2n) is 19.7. The molecule has 0 spiro atoms. The molecule has 0 N–H and O–H groups in total. The van der Waals surface area contributed by atoms with Crippen molar-refractivity contribution in [3.8, 4) is 56.7 Å². The van der Waals surface area contributed by atoms with Crippen LogP contribution < -0.4 is 0 Å². The lowest BCUT2D eigenvalue weighted by Gasteiger charge is -2.14. The van der Waals surface area contributed by atoms with Crippen molar-refractivity contribution in [2.75, 3.05) is 0 Å². The minimum Gasteiger partial charge on any atom is -0.309 e. The Kier molecular flexibility index (Phi) is 9.23. The van der Waals surface area contributed by atoms with Crippen LogP contribution in [0.2, 0.25) is 0 Å². The molecule has 0 amide bonds. The summed E-state index contributed by atoms with van der Waals surface area (Å²) in [6, 6.07) is 96.0. The molecule has 0 fully saturated rings. The number of hydrogen-bond donors (Lipinski definition) is 0. The molecule has 16 aromatic rings. The van der Waals surface area contributed by atoms with Crippen LogP contribution in [0.3, 0.4) is 0 Å². The maximum absolute atomic E-state index is 5.36. The summed E-state index contributed by atoms with van der Waals surface area (Å²) in [7, 11) is 0. The molecule has 11 aromatic carbocycles. The van der Waals surface area contributed by atoms with Crippen LogP contribution in [0.15, 0.2) is 267 Å². The van der Waals surface area contributed by atoms with Crippen LogP contribution in [-0.2, 0) is 0 Å². The Bertz CT molecular complexity index is 4690. The van der Waals surface area contributed by atoms with Gasteiger partial charge in [0.05, 0.1) is 55.5 Å². The quantitative estimate of drug-likeness (QED) is 0.160. The van der Waals surface area contributed by atoms with Crippen molar-refractivity contribution >= 4 is 87.2 Å². The zero-order valence-electron chi connectivity index (χ0n) is 41.1. The van der Waals surface area contributed by atoms with Crippen molar-refractivity contribution < 1.29 is 0 Å². The van der Waals surface area contributed by atoms with Gasteiger partial charge in [-0.3, -0.25) is 0 Å². The molecule has 0 bridgehead atoms. The van der Waals surface area contributed by atoms with Crippen molar-refractivity contribution in [2.24, 2.45) is 0 Å². The SMILES string of the molecule is c1ccc(-c2nc(-c3cccc(-n4c5ccccc5c5c4ccc4c6ccccc6n(-c6ccccc6)c45)c3)cc(-c3cccc(-n4c5ccccc5c5c4ccc4c6ccccc6n(-c6ccccc6)c45)c3)n2)cc1. The Morgan fingerprint density at radius 3 is 1.03 bits per heavy atom. The van der Waals surface area contributed by atoms with Crippen LogP contribution in [-0.4, -0.2) is 28.2 Å². The van der Waals surface area contributed by atoms with Crippen molar-refractivity contribution in [1.29, 1.82) is 0 Å². The summed E-state index contributed by atoms with van der Waals surface area (Å²) in [4.78, 5) is 10.7. The van der Waals surface area contributed by atoms with Crippen LogP contribution in [0.1, 0.15) is 0 Å². The molecule has 6 heteroatoms. The molecule has 76 heavy (non-hydrogen) atoms. The first-order valence-corrected chi connectivity index (χ1v) is 25.9. The maximum Gasteiger partial charge on any atom is 0.160 e. The highest BCUT2D eigenvalue weighted by atomic mass is 15.0. The number of nitrogens with zero attached hydrogens (tertiary/aromatic N) is 6. The normalized spacial score (nSPS) is 11.9. The van der Waals surface area contributed by atoms with Gasteiger partial charge in [0.25, 0.3) is 0 Å². The zero-order chi connectivity index (χ0) is 49.8. The number of rotatable bonds is 7. The fourth-order valence-corrected chi connectivity index (χ4v) is 12.3. The van der Waals surface area contributed by atoms with Gasteiger partial charge in [-0.05, 0) is 91.0 Å². The van der Waals surface area contributed by atoms with Crippen molar-refractivity contribution in [2.45, 2.75) is 0 Å². The first kappa shape index (κ1) is 42.2. The number of aromatic nitrogens is 6. The van der Waals surface area contributed by atoms with E-state index in [-0.39, 0.29) is 0 Å². The highest BCUT2D eigenvalue weighted by Gasteiger charge is 2.24. The number of benzene rings is 11.